The lowest BCUT2D eigenvalue weighted by molar-refractivity contribution is -0.143. The molecule has 11 heteroatoms. The highest BCUT2D eigenvalue weighted by atomic mass is 16.6. The van der Waals surface area contributed by atoms with Gasteiger partial charge < -0.3 is 20.1 Å². The fourth-order valence-corrected chi connectivity index (χ4v) is 4.28. The Morgan fingerprint density at radius 2 is 2.03 bits per heavy atom. The molecule has 2 aromatic heterocycles. The molecular weight excluding hydrogens is 428 g/mol. The predicted molar refractivity (Wildman–Crippen MR) is 115 cm³/mol. The third-order valence-corrected chi connectivity index (χ3v) is 5.79. The van der Waals surface area contributed by atoms with Crippen LogP contribution in [-0.2, 0) is 9.53 Å². The van der Waals surface area contributed by atoms with Crippen molar-refractivity contribution < 1.29 is 23.9 Å². The molecular formula is C22H24N6O5. The van der Waals surface area contributed by atoms with Gasteiger partial charge in [-0.25, -0.2) is 24.5 Å². The molecule has 0 aliphatic carbocycles. The Kier molecular flexibility index (Phi) is 5.95. The van der Waals surface area contributed by atoms with E-state index in [1.165, 1.54) is 47.8 Å². The normalized spacial score (nSPS) is 22.7. The molecule has 0 spiro atoms. The number of ether oxygens (including phenoxy) is 2. The van der Waals surface area contributed by atoms with Gasteiger partial charge in [0.2, 0.25) is 0 Å². The van der Waals surface area contributed by atoms with E-state index in [0.717, 1.165) is 0 Å². The van der Waals surface area contributed by atoms with Crippen molar-refractivity contribution in [3.63, 3.8) is 0 Å². The smallest absolute Gasteiger partial charge is 0.357 e. The molecule has 0 saturated carbocycles. The highest BCUT2D eigenvalue weighted by Crippen LogP contribution is 2.39. The van der Waals surface area contributed by atoms with Crippen LogP contribution in [-0.4, -0.2) is 68.1 Å². The van der Waals surface area contributed by atoms with E-state index in [1.807, 2.05) is 0 Å². The summed E-state index contributed by atoms with van der Waals surface area (Å²) in [6.45, 7) is 2.07. The predicted octanol–water partition coefficient (Wildman–Crippen LogP) is 1.57. The Morgan fingerprint density at radius 3 is 2.73 bits per heavy atom. The van der Waals surface area contributed by atoms with Gasteiger partial charge in [-0.1, -0.05) is 0 Å². The van der Waals surface area contributed by atoms with Gasteiger partial charge in [-0.3, -0.25) is 9.69 Å². The Hall–Kier alpha value is -4.02. The molecule has 2 aliphatic heterocycles. The van der Waals surface area contributed by atoms with Crippen LogP contribution in [0.1, 0.15) is 42.4 Å². The molecule has 172 valence electrons. The van der Waals surface area contributed by atoms with Crippen molar-refractivity contribution in [2.24, 2.45) is 5.73 Å². The van der Waals surface area contributed by atoms with Gasteiger partial charge in [0.15, 0.2) is 11.9 Å². The average Bonchev–Trinajstić information content (AvgIpc) is 2.99. The summed E-state index contributed by atoms with van der Waals surface area (Å²) in [5, 5.41) is 0. The van der Waals surface area contributed by atoms with Gasteiger partial charge in [0, 0.05) is 31.1 Å². The van der Waals surface area contributed by atoms with Gasteiger partial charge in [-0.2, -0.15) is 0 Å². The van der Waals surface area contributed by atoms with Crippen LogP contribution in [0.2, 0.25) is 0 Å². The summed E-state index contributed by atoms with van der Waals surface area (Å²) in [4.78, 5) is 53.8. The number of nitrogens with two attached hydrogens (primary N) is 1. The molecule has 4 rings (SSSR count). The van der Waals surface area contributed by atoms with E-state index in [9.17, 15) is 14.4 Å². The number of hydrogen-bond acceptors (Lipinski definition) is 8. The molecule has 0 bridgehead atoms. The molecule has 2 atom stereocenters. The second kappa shape index (κ2) is 8.85. The van der Waals surface area contributed by atoms with Gasteiger partial charge in [-0.15, -0.1) is 0 Å². The number of fused-ring (bicyclic) bond motifs is 1. The van der Waals surface area contributed by atoms with E-state index in [0.29, 0.717) is 37.3 Å². The first-order chi connectivity index (χ1) is 15.8. The monoisotopic (exact) mass is 452 g/mol. The van der Waals surface area contributed by atoms with Gasteiger partial charge in [0.1, 0.15) is 17.7 Å². The SMILES string of the molecule is COc1ccnc(C(=O)OC2(C)CCCCN3C(=O)C=C(c4ccncn4)N(C(N)=O)C32)c1. The number of amides is 3. The summed E-state index contributed by atoms with van der Waals surface area (Å²) < 4.78 is 11.1. The standard InChI is InChI=1S/C22H24N6O5/c1-22(33-19(30)16-11-14(32-2)5-9-25-16)7-3-4-10-27-18(29)12-17(15-6-8-24-13-26-15)28(20(22)27)21(23)31/h5-6,8-9,11-13,20H,3-4,7,10H2,1-2H3,(H2,23,31). The number of aromatic nitrogens is 3. The third-order valence-electron chi connectivity index (χ3n) is 5.79. The lowest BCUT2D eigenvalue weighted by Crippen LogP contribution is -2.65. The van der Waals surface area contributed by atoms with Crippen LogP contribution in [0.25, 0.3) is 5.70 Å². The highest BCUT2D eigenvalue weighted by molar-refractivity contribution is 6.00. The first-order valence-corrected chi connectivity index (χ1v) is 10.4. The van der Waals surface area contributed by atoms with Gasteiger partial charge >= 0.3 is 12.0 Å². The highest BCUT2D eigenvalue weighted by Gasteiger charge is 2.52. The molecule has 33 heavy (non-hydrogen) atoms. The minimum Gasteiger partial charge on any atom is -0.497 e. The zero-order valence-electron chi connectivity index (χ0n) is 18.3. The summed E-state index contributed by atoms with van der Waals surface area (Å²) >= 11 is 0. The third kappa shape index (κ3) is 4.21. The number of hydrogen-bond donors (Lipinski definition) is 1. The molecule has 2 unspecified atom stereocenters. The number of nitrogens with zero attached hydrogens (tertiary/aromatic N) is 5. The van der Waals surface area contributed by atoms with Crippen LogP contribution >= 0.6 is 0 Å². The molecule has 2 N–H and O–H groups in total. The van der Waals surface area contributed by atoms with E-state index in [-0.39, 0.29) is 17.3 Å². The van der Waals surface area contributed by atoms with Crippen molar-refractivity contribution in [1.82, 2.24) is 24.8 Å². The summed E-state index contributed by atoms with van der Waals surface area (Å²) in [7, 11) is 1.48. The molecule has 1 fully saturated rings. The minimum absolute atomic E-state index is 0.0469. The molecule has 11 nitrogen and oxygen atoms in total. The minimum atomic E-state index is -1.27. The summed E-state index contributed by atoms with van der Waals surface area (Å²) in [5.41, 5.74) is 5.15. The molecule has 2 aromatic rings. The average molecular weight is 452 g/mol. The lowest BCUT2D eigenvalue weighted by atomic mass is 9.93. The van der Waals surface area contributed by atoms with Crippen molar-refractivity contribution in [2.45, 2.75) is 38.0 Å². The largest absolute Gasteiger partial charge is 0.497 e. The zero-order valence-corrected chi connectivity index (χ0v) is 18.3. The maximum absolute atomic E-state index is 13.1. The van der Waals surface area contributed by atoms with E-state index >= 15 is 0 Å². The summed E-state index contributed by atoms with van der Waals surface area (Å²) in [6.07, 6.45) is 6.36. The van der Waals surface area contributed by atoms with Gasteiger partial charge in [0.05, 0.1) is 18.5 Å². The van der Waals surface area contributed by atoms with Crippen molar-refractivity contribution in [3.8, 4) is 5.75 Å². The van der Waals surface area contributed by atoms with E-state index in [2.05, 4.69) is 15.0 Å². The second-order valence-corrected chi connectivity index (χ2v) is 7.98. The van der Waals surface area contributed by atoms with E-state index in [4.69, 9.17) is 15.2 Å². The Labute approximate surface area is 190 Å². The topological polar surface area (TPSA) is 141 Å². The molecule has 2 aliphatic rings. The zero-order chi connectivity index (χ0) is 23.6. The number of carbonyl (C=O) groups is 3. The number of esters is 1. The van der Waals surface area contributed by atoms with Crippen LogP contribution in [0.4, 0.5) is 4.79 Å². The van der Waals surface area contributed by atoms with Crippen LogP contribution < -0.4 is 10.5 Å². The van der Waals surface area contributed by atoms with Crippen LogP contribution in [0.5, 0.6) is 5.75 Å². The van der Waals surface area contributed by atoms with Crippen LogP contribution in [0.3, 0.4) is 0 Å². The Bertz CT molecular complexity index is 1110. The number of carbonyl (C=O) groups excluding carboxylic acids is 3. The van der Waals surface area contributed by atoms with Crippen LogP contribution in [0.15, 0.2) is 43.0 Å². The fraction of sp³-hybridized carbons (Fsp3) is 0.364. The maximum Gasteiger partial charge on any atom is 0.357 e. The first kappa shape index (κ1) is 22.2. The van der Waals surface area contributed by atoms with Gasteiger partial charge in [0.25, 0.3) is 5.91 Å². The van der Waals surface area contributed by atoms with E-state index < -0.39 is 23.8 Å². The maximum atomic E-state index is 13.1. The fourth-order valence-electron chi connectivity index (χ4n) is 4.28. The van der Waals surface area contributed by atoms with Gasteiger partial charge in [-0.05, 0) is 38.3 Å². The van der Waals surface area contributed by atoms with Crippen molar-refractivity contribution in [3.05, 3.63) is 54.4 Å². The molecule has 3 amide bonds. The van der Waals surface area contributed by atoms with Crippen molar-refractivity contribution in [2.75, 3.05) is 13.7 Å². The molecule has 4 heterocycles. The first-order valence-electron chi connectivity index (χ1n) is 10.4. The Balaban J connectivity index is 1.76. The lowest BCUT2D eigenvalue weighted by Gasteiger charge is -2.48. The molecule has 0 aromatic carbocycles. The molecule has 0 radical (unpaired) electrons. The number of urea groups is 1. The number of primary amides is 1. The van der Waals surface area contributed by atoms with Crippen molar-refractivity contribution in [1.29, 1.82) is 0 Å². The second-order valence-electron chi connectivity index (χ2n) is 7.98. The number of rotatable bonds is 4. The number of pyridine rings is 1. The quantitative estimate of drug-likeness (QED) is 0.689. The Morgan fingerprint density at radius 1 is 1.21 bits per heavy atom. The molecule has 1 saturated heterocycles. The van der Waals surface area contributed by atoms with E-state index in [1.54, 1.807) is 19.1 Å². The summed E-state index contributed by atoms with van der Waals surface area (Å²) in [6, 6.07) is 3.85. The van der Waals surface area contributed by atoms with Crippen molar-refractivity contribution >= 4 is 23.6 Å². The number of methoxy groups -OCH3 is 1. The summed E-state index contributed by atoms with van der Waals surface area (Å²) in [5.74, 6) is -0.576. The van der Waals surface area contributed by atoms with Crippen LogP contribution in [0, 0.1) is 0 Å².